The van der Waals surface area contributed by atoms with Gasteiger partial charge in [0.25, 0.3) is 0 Å². The van der Waals surface area contributed by atoms with E-state index in [2.05, 4.69) is 4.99 Å². The molecule has 3 nitrogen and oxygen atoms in total. The predicted molar refractivity (Wildman–Crippen MR) is 50.1 cm³/mol. The molecule has 13 heavy (non-hydrogen) atoms. The van der Waals surface area contributed by atoms with Gasteiger partial charge >= 0.3 is 0 Å². The van der Waals surface area contributed by atoms with Gasteiger partial charge in [-0.1, -0.05) is 0 Å². The molecule has 3 heteroatoms. The Hall–Kier alpha value is -1.64. The Balaban J connectivity index is 2.48. The Morgan fingerprint density at radius 1 is 1.54 bits per heavy atom. The maximum atomic E-state index is 11.0. The number of carbonyl (C=O) groups excluding carboxylic acids is 1. The molecule has 0 unspecified atom stereocenters. The summed E-state index contributed by atoms with van der Waals surface area (Å²) in [6.45, 7) is 2.02. The number of aliphatic imine (C=N–C) groups is 1. The molecule has 1 heterocycles. The molecule has 66 valence electrons. The number of hydrogen-bond donors (Lipinski definition) is 0. The molecule has 0 atom stereocenters. The van der Waals surface area contributed by atoms with E-state index in [0.717, 1.165) is 5.69 Å². The molecule has 0 aliphatic carbocycles. The summed E-state index contributed by atoms with van der Waals surface area (Å²) in [5, 5.41) is 0. The summed E-state index contributed by atoms with van der Waals surface area (Å²) in [4.78, 5) is 15.2. The molecule has 1 aliphatic heterocycles. The van der Waals surface area contributed by atoms with Gasteiger partial charge in [0.05, 0.1) is 0 Å². The third kappa shape index (κ3) is 1.45. The zero-order chi connectivity index (χ0) is 9.26. The summed E-state index contributed by atoms with van der Waals surface area (Å²) in [5.74, 6) is 0.733. The molecule has 0 aromatic heterocycles. The van der Waals surface area contributed by atoms with Crippen LogP contribution in [0.15, 0.2) is 23.2 Å². The summed E-state index contributed by atoms with van der Waals surface area (Å²) >= 11 is 0. The van der Waals surface area contributed by atoms with E-state index in [1.165, 1.54) is 6.92 Å². The lowest BCUT2D eigenvalue weighted by Crippen LogP contribution is -2.03. The van der Waals surface area contributed by atoms with E-state index in [1.54, 1.807) is 24.4 Å². The lowest BCUT2D eigenvalue weighted by Gasteiger charge is -2.11. The zero-order valence-corrected chi connectivity index (χ0v) is 7.28. The molecule has 0 amide bonds. The van der Waals surface area contributed by atoms with Gasteiger partial charge in [-0.3, -0.25) is 9.79 Å². The van der Waals surface area contributed by atoms with Crippen molar-refractivity contribution < 1.29 is 9.53 Å². The molecule has 2 rings (SSSR count). The van der Waals surface area contributed by atoms with Crippen molar-refractivity contribution in [2.75, 3.05) is 6.61 Å². The first-order chi connectivity index (χ1) is 6.27. The topological polar surface area (TPSA) is 38.7 Å². The van der Waals surface area contributed by atoms with Crippen molar-refractivity contribution in [2.24, 2.45) is 4.99 Å². The summed E-state index contributed by atoms with van der Waals surface area (Å²) in [6, 6.07) is 5.28. The molecule has 0 spiro atoms. The fraction of sp³-hybridized carbons (Fsp3) is 0.200. The van der Waals surface area contributed by atoms with Crippen LogP contribution in [0.1, 0.15) is 17.3 Å². The number of hydrogen-bond acceptors (Lipinski definition) is 3. The maximum Gasteiger partial charge on any atom is 0.159 e. The molecule has 0 N–H and O–H groups in total. The minimum Gasteiger partial charge on any atom is -0.486 e. The second kappa shape index (κ2) is 3.01. The zero-order valence-electron chi connectivity index (χ0n) is 7.28. The quantitative estimate of drug-likeness (QED) is 0.612. The molecular weight excluding hydrogens is 166 g/mol. The average Bonchev–Trinajstić information content (AvgIpc) is 2.17. The molecule has 0 saturated heterocycles. The summed E-state index contributed by atoms with van der Waals surface area (Å²) in [7, 11) is 0. The SMILES string of the molecule is CC(=O)c1ccc2c(c1)OCC=N2. The van der Waals surface area contributed by atoms with Crippen molar-refractivity contribution in [1.82, 2.24) is 0 Å². The van der Waals surface area contributed by atoms with Gasteiger partial charge < -0.3 is 4.74 Å². The van der Waals surface area contributed by atoms with Gasteiger partial charge in [0.15, 0.2) is 5.78 Å². The van der Waals surface area contributed by atoms with E-state index in [1.807, 2.05) is 0 Å². The first-order valence-corrected chi connectivity index (χ1v) is 4.08. The summed E-state index contributed by atoms with van der Waals surface area (Å²) in [6.07, 6.45) is 1.70. The van der Waals surface area contributed by atoms with Gasteiger partial charge in [0, 0.05) is 11.8 Å². The molecule has 0 radical (unpaired) electrons. The lowest BCUT2D eigenvalue weighted by atomic mass is 10.1. The van der Waals surface area contributed by atoms with Crippen LogP contribution in [-0.2, 0) is 0 Å². The monoisotopic (exact) mass is 175 g/mol. The van der Waals surface area contributed by atoms with Crippen LogP contribution in [0.4, 0.5) is 5.69 Å². The Morgan fingerprint density at radius 2 is 2.38 bits per heavy atom. The van der Waals surface area contributed by atoms with E-state index in [4.69, 9.17) is 4.74 Å². The Morgan fingerprint density at radius 3 is 3.15 bits per heavy atom. The highest BCUT2D eigenvalue weighted by Gasteiger charge is 2.08. The first kappa shape index (κ1) is 7.98. The van der Waals surface area contributed by atoms with Crippen LogP contribution in [0.2, 0.25) is 0 Å². The van der Waals surface area contributed by atoms with E-state index in [-0.39, 0.29) is 5.78 Å². The molecule has 1 aromatic carbocycles. The van der Waals surface area contributed by atoms with Crippen molar-refractivity contribution in [2.45, 2.75) is 6.92 Å². The number of carbonyl (C=O) groups is 1. The minimum atomic E-state index is 0.0425. The van der Waals surface area contributed by atoms with Crippen LogP contribution < -0.4 is 4.74 Å². The number of fused-ring (bicyclic) bond motifs is 1. The van der Waals surface area contributed by atoms with Crippen molar-refractivity contribution in [3.8, 4) is 5.75 Å². The van der Waals surface area contributed by atoms with Crippen molar-refractivity contribution >= 4 is 17.7 Å². The predicted octanol–water partition coefficient (Wildman–Crippen LogP) is 1.98. The van der Waals surface area contributed by atoms with Gasteiger partial charge in [0.1, 0.15) is 18.0 Å². The fourth-order valence-electron chi connectivity index (χ4n) is 1.22. The Labute approximate surface area is 76.1 Å². The molecule has 1 aliphatic rings. The van der Waals surface area contributed by atoms with Gasteiger partial charge in [-0.2, -0.15) is 0 Å². The summed E-state index contributed by atoms with van der Waals surface area (Å²) < 4.78 is 5.31. The average molecular weight is 175 g/mol. The minimum absolute atomic E-state index is 0.0425. The molecule has 0 saturated carbocycles. The standard InChI is InChI=1S/C10H9NO2/c1-7(12)8-2-3-9-10(6-8)13-5-4-11-9/h2-4,6H,5H2,1H3. The number of rotatable bonds is 1. The van der Waals surface area contributed by atoms with Crippen molar-refractivity contribution in [1.29, 1.82) is 0 Å². The first-order valence-electron chi connectivity index (χ1n) is 4.08. The van der Waals surface area contributed by atoms with Crippen molar-refractivity contribution in [3.63, 3.8) is 0 Å². The lowest BCUT2D eigenvalue weighted by molar-refractivity contribution is 0.101. The second-order valence-corrected chi connectivity index (χ2v) is 2.86. The molecule has 1 aromatic rings. The van der Waals surface area contributed by atoms with Gasteiger partial charge in [-0.15, -0.1) is 0 Å². The van der Waals surface area contributed by atoms with Crippen molar-refractivity contribution in [3.05, 3.63) is 23.8 Å². The van der Waals surface area contributed by atoms with E-state index < -0.39 is 0 Å². The van der Waals surface area contributed by atoms with Crippen LogP contribution in [0.3, 0.4) is 0 Å². The summed E-state index contributed by atoms with van der Waals surface area (Å²) in [5.41, 5.74) is 1.45. The van der Waals surface area contributed by atoms with Crippen LogP contribution >= 0.6 is 0 Å². The van der Waals surface area contributed by atoms with E-state index in [9.17, 15) is 4.79 Å². The number of ether oxygens (including phenoxy) is 1. The van der Waals surface area contributed by atoms with Crippen LogP contribution in [-0.4, -0.2) is 18.6 Å². The molecule has 0 bridgehead atoms. The third-order valence-corrected chi connectivity index (χ3v) is 1.91. The highest BCUT2D eigenvalue weighted by molar-refractivity contribution is 5.95. The highest BCUT2D eigenvalue weighted by atomic mass is 16.5. The maximum absolute atomic E-state index is 11.0. The number of benzene rings is 1. The smallest absolute Gasteiger partial charge is 0.159 e. The highest BCUT2D eigenvalue weighted by Crippen LogP contribution is 2.30. The van der Waals surface area contributed by atoms with Crippen LogP contribution in [0, 0.1) is 0 Å². The molecule has 0 fully saturated rings. The Kier molecular flexibility index (Phi) is 1.85. The van der Waals surface area contributed by atoms with Gasteiger partial charge in [-0.05, 0) is 25.1 Å². The number of Topliss-reactive ketones (excluding diaryl/α,β-unsaturated/α-hetero) is 1. The second-order valence-electron chi connectivity index (χ2n) is 2.86. The normalized spacial score (nSPS) is 13.3. The van der Waals surface area contributed by atoms with Crippen LogP contribution in [0.25, 0.3) is 0 Å². The third-order valence-electron chi connectivity index (χ3n) is 1.91. The number of nitrogens with zero attached hydrogens (tertiary/aromatic N) is 1. The van der Waals surface area contributed by atoms with E-state index in [0.29, 0.717) is 17.9 Å². The largest absolute Gasteiger partial charge is 0.486 e. The Bertz CT molecular complexity index is 383. The fourth-order valence-corrected chi connectivity index (χ4v) is 1.22. The van der Waals surface area contributed by atoms with Crippen LogP contribution in [0.5, 0.6) is 5.75 Å². The van der Waals surface area contributed by atoms with E-state index >= 15 is 0 Å². The molecular formula is C10H9NO2. The number of ketones is 1. The van der Waals surface area contributed by atoms with Gasteiger partial charge in [0.2, 0.25) is 0 Å². The van der Waals surface area contributed by atoms with Gasteiger partial charge in [-0.25, -0.2) is 0 Å².